The summed E-state index contributed by atoms with van der Waals surface area (Å²) in [6.45, 7) is 7.51. The van der Waals surface area contributed by atoms with Gasteiger partial charge in [0.15, 0.2) is 5.65 Å². The highest BCUT2D eigenvalue weighted by Crippen LogP contribution is 2.31. The molecule has 3 aromatic rings. The fourth-order valence-corrected chi connectivity index (χ4v) is 4.86. The van der Waals surface area contributed by atoms with E-state index in [0.29, 0.717) is 18.2 Å². The van der Waals surface area contributed by atoms with Gasteiger partial charge in [0.05, 0.1) is 28.5 Å². The highest BCUT2D eigenvalue weighted by molar-refractivity contribution is 6.07. The van der Waals surface area contributed by atoms with Gasteiger partial charge in [-0.05, 0) is 50.7 Å². The van der Waals surface area contributed by atoms with Gasteiger partial charge in [0.25, 0.3) is 5.91 Å². The van der Waals surface area contributed by atoms with Gasteiger partial charge in [0.1, 0.15) is 0 Å². The third-order valence-electron chi connectivity index (χ3n) is 6.63. The number of carbonyl (C=O) groups is 1. The second-order valence-corrected chi connectivity index (χ2v) is 8.75. The Hall–Kier alpha value is -2.89. The monoisotopic (exact) mass is 433 g/mol. The number of pyridine rings is 1. The molecular formula is C26H35N5O. The van der Waals surface area contributed by atoms with Crippen LogP contribution in [0.5, 0.6) is 0 Å². The van der Waals surface area contributed by atoms with Crippen molar-refractivity contribution in [2.45, 2.75) is 78.3 Å². The third kappa shape index (κ3) is 4.64. The molecule has 0 spiro atoms. The Morgan fingerprint density at radius 3 is 2.59 bits per heavy atom. The van der Waals surface area contributed by atoms with Crippen LogP contribution >= 0.6 is 0 Å². The van der Waals surface area contributed by atoms with Gasteiger partial charge in [0.2, 0.25) is 0 Å². The van der Waals surface area contributed by atoms with Crippen LogP contribution in [0.3, 0.4) is 0 Å². The fourth-order valence-electron chi connectivity index (χ4n) is 4.86. The zero-order chi connectivity index (χ0) is 22.5. The van der Waals surface area contributed by atoms with Crippen molar-refractivity contribution >= 4 is 22.6 Å². The average Bonchev–Trinajstić information content (AvgIpc) is 3.22. The average molecular weight is 434 g/mol. The quantitative estimate of drug-likeness (QED) is 0.522. The van der Waals surface area contributed by atoms with Crippen LogP contribution in [0.1, 0.15) is 73.1 Å². The molecule has 1 amide bonds. The van der Waals surface area contributed by atoms with Crippen LogP contribution in [-0.2, 0) is 19.4 Å². The van der Waals surface area contributed by atoms with Crippen molar-refractivity contribution in [3.05, 3.63) is 52.8 Å². The number of anilines is 1. The topological polar surface area (TPSA) is 71.8 Å². The number of hydrogen-bond acceptors (Lipinski definition) is 4. The molecule has 2 aromatic heterocycles. The maximum absolute atomic E-state index is 13.4. The first-order valence-electron chi connectivity index (χ1n) is 12.1. The molecule has 32 heavy (non-hydrogen) atoms. The summed E-state index contributed by atoms with van der Waals surface area (Å²) >= 11 is 0. The molecule has 170 valence electrons. The van der Waals surface area contributed by atoms with Crippen molar-refractivity contribution in [3.63, 3.8) is 0 Å². The van der Waals surface area contributed by atoms with Gasteiger partial charge >= 0.3 is 0 Å². The lowest BCUT2D eigenvalue weighted by atomic mass is 9.94. The number of nitrogens with zero attached hydrogens (tertiary/aromatic N) is 3. The van der Waals surface area contributed by atoms with Crippen molar-refractivity contribution in [1.82, 2.24) is 20.1 Å². The van der Waals surface area contributed by atoms with E-state index in [4.69, 9.17) is 4.98 Å². The largest absolute Gasteiger partial charge is 0.381 e. The molecule has 2 N–H and O–H groups in total. The second-order valence-electron chi connectivity index (χ2n) is 8.75. The predicted octanol–water partition coefficient (Wildman–Crippen LogP) is 5.04. The molecule has 0 atom stereocenters. The van der Waals surface area contributed by atoms with Crippen LogP contribution in [0, 0.1) is 6.92 Å². The number of benzene rings is 1. The molecule has 2 heterocycles. The molecule has 0 bridgehead atoms. The highest BCUT2D eigenvalue weighted by Gasteiger charge is 2.24. The summed E-state index contributed by atoms with van der Waals surface area (Å²) in [6, 6.07) is 8.85. The molecule has 0 unspecified atom stereocenters. The van der Waals surface area contributed by atoms with E-state index >= 15 is 0 Å². The van der Waals surface area contributed by atoms with E-state index in [1.807, 2.05) is 17.8 Å². The summed E-state index contributed by atoms with van der Waals surface area (Å²) in [5, 5.41) is 12.3. The van der Waals surface area contributed by atoms with Crippen LogP contribution in [0.15, 0.2) is 30.5 Å². The van der Waals surface area contributed by atoms with Gasteiger partial charge < -0.3 is 10.6 Å². The van der Waals surface area contributed by atoms with E-state index in [2.05, 4.69) is 53.8 Å². The standard InChI is InChI=1S/C26H35N5O/c1-4-19-11-9-10-12-20(19)15-16-27-26(32)23-18(3)29-25-22(17-28-31(25)5-2)24(23)30-21-13-7-6-8-14-21/h9-12,17,21H,4-8,13-16H2,1-3H3,(H,27,32)(H,29,30). The maximum atomic E-state index is 13.4. The van der Waals surface area contributed by atoms with E-state index in [9.17, 15) is 4.79 Å². The number of aryl methyl sites for hydroxylation is 3. The minimum atomic E-state index is -0.0616. The number of rotatable bonds is 8. The lowest BCUT2D eigenvalue weighted by molar-refractivity contribution is 0.0954. The van der Waals surface area contributed by atoms with Crippen LogP contribution in [0.25, 0.3) is 11.0 Å². The van der Waals surface area contributed by atoms with Crippen molar-refractivity contribution in [2.75, 3.05) is 11.9 Å². The Balaban J connectivity index is 1.60. The summed E-state index contributed by atoms with van der Waals surface area (Å²) < 4.78 is 1.90. The first kappa shape index (κ1) is 22.3. The zero-order valence-electron chi connectivity index (χ0n) is 19.6. The van der Waals surface area contributed by atoms with Gasteiger partial charge in [-0.3, -0.25) is 4.79 Å². The van der Waals surface area contributed by atoms with E-state index < -0.39 is 0 Å². The van der Waals surface area contributed by atoms with Gasteiger partial charge in [-0.1, -0.05) is 50.5 Å². The Labute approximate surface area is 190 Å². The highest BCUT2D eigenvalue weighted by atomic mass is 16.1. The number of aromatic nitrogens is 3. The number of carbonyl (C=O) groups excluding carboxylic acids is 1. The smallest absolute Gasteiger partial charge is 0.255 e. The van der Waals surface area contributed by atoms with E-state index in [1.54, 1.807) is 0 Å². The van der Waals surface area contributed by atoms with Crippen LogP contribution in [0.2, 0.25) is 0 Å². The summed E-state index contributed by atoms with van der Waals surface area (Å²) in [4.78, 5) is 18.1. The Kier molecular flexibility index (Phi) is 7.08. The molecule has 1 aliphatic rings. The van der Waals surface area contributed by atoms with Crippen molar-refractivity contribution in [1.29, 1.82) is 0 Å². The lowest BCUT2D eigenvalue weighted by Gasteiger charge is -2.26. The zero-order valence-corrected chi connectivity index (χ0v) is 19.6. The van der Waals surface area contributed by atoms with E-state index in [0.717, 1.165) is 54.6 Å². The number of hydrogen-bond donors (Lipinski definition) is 2. The molecule has 6 nitrogen and oxygen atoms in total. The second kappa shape index (κ2) is 10.2. The first-order chi connectivity index (χ1) is 15.6. The predicted molar refractivity (Wildman–Crippen MR) is 130 cm³/mol. The minimum Gasteiger partial charge on any atom is -0.381 e. The maximum Gasteiger partial charge on any atom is 0.255 e. The molecule has 0 saturated heterocycles. The number of amides is 1. The third-order valence-corrected chi connectivity index (χ3v) is 6.63. The van der Waals surface area contributed by atoms with Crippen LogP contribution in [-0.4, -0.2) is 33.3 Å². The molecule has 0 aliphatic heterocycles. The summed E-state index contributed by atoms with van der Waals surface area (Å²) in [7, 11) is 0. The molecule has 1 saturated carbocycles. The Bertz CT molecular complexity index is 1080. The lowest BCUT2D eigenvalue weighted by Crippen LogP contribution is -2.30. The number of fused-ring (bicyclic) bond motifs is 1. The van der Waals surface area contributed by atoms with Crippen molar-refractivity contribution < 1.29 is 4.79 Å². The molecule has 4 rings (SSSR count). The van der Waals surface area contributed by atoms with Gasteiger partial charge in [-0.15, -0.1) is 0 Å². The van der Waals surface area contributed by atoms with Crippen LogP contribution < -0.4 is 10.6 Å². The minimum absolute atomic E-state index is 0.0616. The molecule has 0 radical (unpaired) electrons. The summed E-state index contributed by atoms with van der Waals surface area (Å²) in [5.74, 6) is -0.0616. The number of nitrogens with one attached hydrogen (secondary N) is 2. The van der Waals surface area contributed by atoms with Gasteiger partial charge in [-0.2, -0.15) is 5.10 Å². The first-order valence-corrected chi connectivity index (χ1v) is 12.1. The van der Waals surface area contributed by atoms with Crippen molar-refractivity contribution in [2.24, 2.45) is 0 Å². The molecule has 6 heteroatoms. The summed E-state index contributed by atoms with van der Waals surface area (Å²) in [6.07, 6.45) is 9.71. The van der Waals surface area contributed by atoms with Gasteiger partial charge in [0, 0.05) is 19.1 Å². The Morgan fingerprint density at radius 2 is 1.88 bits per heavy atom. The van der Waals surface area contributed by atoms with E-state index in [-0.39, 0.29) is 5.91 Å². The van der Waals surface area contributed by atoms with Crippen LogP contribution in [0.4, 0.5) is 5.69 Å². The molecule has 1 fully saturated rings. The van der Waals surface area contributed by atoms with E-state index in [1.165, 1.54) is 30.4 Å². The molecule has 1 aliphatic carbocycles. The van der Waals surface area contributed by atoms with Gasteiger partial charge in [-0.25, -0.2) is 9.67 Å². The Morgan fingerprint density at radius 1 is 1.12 bits per heavy atom. The molecule has 1 aromatic carbocycles. The fraction of sp³-hybridized carbons (Fsp3) is 0.500. The summed E-state index contributed by atoms with van der Waals surface area (Å²) in [5.41, 5.74) is 5.78. The molecular weight excluding hydrogens is 398 g/mol. The SMILES string of the molecule is CCc1ccccc1CCNC(=O)c1c(C)nc2c(cnn2CC)c1NC1CCCCC1. The van der Waals surface area contributed by atoms with Crippen molar-refractivity contribution in [3.8, 4) is 0 Å². The normalized spacial score (nSPS) is 14.6.